The molecule has 1 saturated heterocycles. The number of hydrogen-bond acceptors (Lipinski definition) is 4. The number of ether oxygens (including phenoxy) is 1. The maximum absolute atomic E-state index is 12.8. The molecule has 25 heavy (non-hydrogen) atoms. The van der Waals surface area contributed by atoms with Crippen LogP contribution >= 0.6 is 12.4 Å². The first-order valence-electron chi connectivity index (χ1n) is 7.85. The van der Waals surface area contributed by atoms with Gasteiger partial charge in [-0.05, 0) is 30.7 Å². The van der Waals surface area contributed by atoms with Gasteiger partial charge in [-0.25, -0.2) is 9.18 Å². The van der Waals surface area contributed by atoms with E-state index >= 15 is 0 Å². The van der Waals surface area contributed by atoms with E-state index < -0.39 is 0 Å². The molecule has 0 bridgehead atoms. The molecule has 1 aromatic carbocycles. The van der Waals surface area contributed by atoms with Gasteiger partial charge in [0, 0.05) is 38.5 Å². The Kier molecular flexibility index (Phi) is 8.60. The van der Waals surface area contributed by atoms with Crippen LogP contribution in [0.15, 0.2) is 24.3 Å². The molecule has 0 spiro atoms. The largest absolute Gasteiger partial charge is 0.380 e. The Labute approximate surface area is 152 Å². The zero-order valence-corrected chi connectivity index (χ0v) is 14.9. The Morgan fingerprint density at radius 1 is 1.40 bits per heavy atom. The SMILES string of the molecule is COC(CN)CC(=O)N1CCC(NC(=O)Nc2ccc(F)cc2)C1.Cl. The maximum Gasteiger partial charge on any atom is 0.319 e. The first-order chi connectivity index (χ1) is 11.5. The van der Waals surface area contributed by atoms with Crippen LogP contribution in [0.1, 0.15) is 12.8 Å². The summed E-state index contributed by atoms with van der Waals surface area (Å²) in [5, 5.41) is 5.45. The van der Waals surface area contributed by atoms with E-state index in [2.05, 4.69) is 10.6 Å². The minimum Gasteiger partial charge on any atom is -0.380 e. The number of benzene rings is 1. The molecule has 3 amide bonds. The van der Waals surface area contributed by atoms with Gasteiger partial charge in [0.15, 0.2) is 0 Å². The molecule has 2 unspecified atom stereocenters. The van der Waals surface area contributed by atoms with Crippen molar-refractivity contribution >= 4 is 30.0 Å². The molecule has 0 saturated carbocycles. The molecule has 140 valence electrons. The van der Waals surface area contributed by atoms with Gasteiger partial charge in [-0.3, -0.25) is 4.79 Å². The summed E-state index contributed by atoms with van der Waals surface area (Å²) in [6.07, 6.45) is 0.635. The van der Waals surface area contributed by atoms with Crippen molar-refractivity contribution in [3.63, 3.8) is 0 Å². The quantitative estimate of drug-likeness (QED) is 0.700. The Bertz CT molecular complexity index is 569. The second-order valence-corrected chi connectivity index (χ2v) is 5.73. The molecule has 9 heteroatoms. The van der Waals surface area contributed by atoms with Crippen molar-refractivity contribution in [1.82, 2.24) is 10.2 Å². The Morgan fingerprint density at radius 3 is 2.68 bits per heavy atom. The Hall–Kier alpha value is -1.90. The molecule has 1 aromatic rings. The summed E-state index contributed by atoms with van der Waals surface area (Å²) in [7, 11) is 1.53. The predicted molar refractivity (Wildman–Crippen MR) is 95.3 cm³/mol. The average molecular weight is 375 g/mol. The smallest absolute Gasteiger partial charge is 0.319 e. The molecule has 1 fully saturated rings. The van der Waals surface area contributed by atoms with Crippen LogP contribution in [0.3, 0.4) is 0 Å². The van der Waals surface area contributed by atoms with Crippen molar-refractivity contribution in [1.29, 1.82) is 0 Å². The molecule has 1 aliphatic rings. The van der Waals surface area contributed by atoms with Gasteiger partial charge in [-0.15, -0.1) is 12.4 Å². The van der Waals surface area contributed by atoms with Gasteiger partial charge in [0.05, 0.1) is 12.5 Å². The third kappa shape index (κ3) is 6.49. The number of urea groups is 1. The fourth-order valence-corrected chi connectivity index (χ4v) is 2.58. The van der Waals surface area contributed by atoms with Gasteiger partial charge in [0.25, 0.3) is 0 Å². The number of carbonyl (C=O) groups excluding carboxylic acids is 2. The fourth-order valence-electron chi connectivity index (χ4n) is 2.58. The highest BCUT2D eigenvalue weighted by Gasteiger charge is 2.28. The average Bonchev–Trinajstić information content (AvgIpc) is 3.03. The van der Waals surface area contributed by atoms with E-state index in [4.69, 9.17) is 10.5 Å². The normalized spacial score (nSPS) is 17.6. The molecule has 0 radical (unpaired) electrons. The van der Waals surface area contributed by atoms with Crippen molar-refractivity contribution in [3.05, 3.63) is 30.1 Å². The molecule has 4 N–H and O–H groups in total. The topological polar surface area (TPSA) is 96.7 Å². The number of halogens is 2. The molecule has 1 heterocycles. The van der Waals surface area contributed by atoms with E-state index in [1.807, 2.05) is 0 Å². The summed E-state index contributed by atoms with van der Waals surface area (Å²) in [6, 6.07) is 5.02. The third-order valence-electron chi connectivity index (χ3n) is 3.98. The number of carbonyl (C=O) groups is 2. The van der Waals surface area contributed by atoms with Gasteiger partial charge in [0.2, 0.25) is 5.91 Å². The number of nitrogens with zero attached hydrogens (tertiary/aromatic N) is 1. The molecule has 0 aliphatic carbocycles. The van der Waals surface area contributed by atoms with Crippen LogP contribution in [0.4, 0.5) is 14.9 Å². The standard InChI is InChI=1S/C16H23FN4O3.ClH/c1-24-14(9-18)8-15(22)21-7-6-13(10-21)20-16(23)19-12-4-2-11(17)3-5-12;/h2-5,13-14H,6-10,18H2,1H3,(H2,19,20,23);1H. The minimum atomic E-state index is -0.377. The first-order valence-corrected chi connectivity index (χ1v) is 7.85. The van der Waals surface area contributed by atoms with E-state index in [9.17, 15) is 14.0 Å². The lowest BCUT2D eigenvalue weighted by atomic mass is 10.2. The summed E-state index contributed by atoms with van der Waals surface area (Å²) in [4.78, 5) is 25.8. The molecule has 2 rings (SSSR count). The lowest BCUT2D eigenvalue weighted by Gasteiger charge is -2.20. The molecule has 7 nitrogen and oxygen atoms in total. The zero-order chi connectivity index (χ0) is 17.5. The molecule has 0 aromatic heterocycles. The number of rotatable bonds is 6. The van der Waals surface area contributed by atoms with Crippen LogP contribution in [-0.4, -0.2) is 55.7 Å². The summed E-state index contributed by atoms with van der Waals surface area (Å²) in [5.41, 5.74) is 6.03. The third-order valence-corrected chi connectivity index (χ3v) is 3.98. The van der Waals surface area contributed by atoms with Crippen LogP contribution in [-0.2, 0) is 9.53 Å². The lowest BCUT2D eigenvalue weighted by molar-refractivity contribution is -0.132. The number of nitrogens with one attached hydrogen (secondary N) is 2. The molecule has 1 aliphatic heterocycles. The van der Waals surface area contributed by atoms with Crippen molar-refractivity contribution in [3.8, 4) is 0 Å². The van der Waals surface area contributed by atoms with Gasteiger partial charge < -0.3 is 26.0 Å². The fraction of sp³-hybridized carbons (Fsp3) is 0.500. The second-order valence-electron chi connectivity index (χ2n) is 5.73. The van der Waals surface area contributed by atoms with E-state index in [1.165, 1.54) is 31.4 Å². The van der Waals surface area contributed by atoms with Crippen LogP contribution in [0.2, 0.25) is 0 Å². The van der Waals surface area contributed by atoms with Gasteiger partial charge in [-0.2, -0.15) is 0 Å². The van der Waals surface area contributed by atoms with Crippen LogP contribution in [0.25, 0.3) is 0 Å². The predicted octanol–water partition coefficient (Wildman–Crippen LogP) is 1.33. The van der Waals surface area contributed by atoms with Gasteiger partial charge in [-0.1, -0.05) is 0 Å². The number of methoxy groups -OCH3 is 1. The van der Waals surface area contributed by atoms with Crippen molar-refractivity contribution in [2.75, 3.05) is 32.1 Å². The monoisotopic (exact) mass is 374 g/mol. The summed E-state index contributed by atoms with van der Waals surface area (Å²) >= 11 is 0. The van der Waals surface area contributed by atoms with Crippen molar-refractivity contribution in [2.45, 2.75) is 25.0 Å². The van der Waals surface area contributed by atoms with E-state index in [-0.39, 0.29) is 55.3 Å². The van der Waals surface area contributed by atoms with Crippen LogP contribution in [0.5, 0.6) is 0 Å². The van der Waals surface area contributed by atoms with Gasteiger partial charge in [0.1, 0.15) is 5.82 Å². The molecular formula is C16H24ClFN4O3. The van der Waals surface area contributed by atoms with Crippen LogP contribution in [0, 0.1) is 5.82 Å². The van der Waals surface area contributed by atoms with Gasteiger partial charge >= 0.3 is 6.03 Å². The number of likely N-dealkylation sites (tertiary alicyclic amines) is 1. The summed E-state index contributed by atoms with van der Waals surface area (Å²) in [5.74, 6) is -0.395. The number of hydrogen-bond donors (Lipinski definition) is 3. The lowest BCUT2D eigenvalue weighted by Crippen LogP contribution is -2.41. The van der Waals surface area contributed by atoms with E-state index in [0.29, 0.717) is 25.2 Å². The highest BCUT2D eigenvalue weighted by atomic mass is 35.5. The zero-order valence-electron chi connectivity index (χ0n) is 14.0. The summed E-state index contributed by atoms with van der Waals surface area (Å²) in [6.45, 7) is 1.33. The van der Waals surface area contributed by atoms with E-state index in [0.717, 1.165) is 0 Å². The van der Waals surface area contributed by atoms with Crippen molar-refractivity contribution in [2.24, 2.45) is 5.73 Å². The minimum absolute atomic E-state index is 0. The Balaban J connectivity index is 0.00000312. The number of amides is 3. The summed E-state index contributed by atoms with van der Waals surface area (Å²) < 4.78 is 17.9. The number of nitrogens with two attached hydrogens (primary N) is 1. The maximum atomic E-state index is 12.8. The van der Waals surface area contributed by atoms with Crippen LogP contribution < -0.4 is 16.4 Å². The molecule has 2 atom stereocenters. The van der Waals surface area contributed by atoms with Crippen molar-refractivity contribution < 1.29 is 18.7 Å². The van der Waals surface area contributed by atoms with E-state index in [1.54, 1.807) is 4.90 Å². The Morgan fingerprint density at radius 2 is 2.08 bits per heavy atom. The highest BCUT2D eigenvalue weighted by Crippen LogP contribution is 2.13. The second kappa shape index (κ2) is 10.2. The number of anilines is 1. The molecular weight excluding hydrogens is 351 g/mol. The first kappa shape index (κ1) is 21.1. The highest BCUT2D eigenvalue weighted by molar-refractivity contribution is 5.89.